The van der Waals surface area contributed by atoms with Crippen molar-refractivity contribution in [2.75, 3.05) is 26.4 Å². The van der Waals surface area contributed by atoms with Crippen molar-refractivity contribution < 1.29 is 24.2 Å². The third-order valence-electron chi connectivity index (χ3n) is 3.44. The molecule has 18 heavy (non-hydrogen) atoms. The molecule has 2 aliphatic rings. The molecule has 0 radical (unpaired) electrons. The topological polar surface area (TPSA) is 76.1 Å². The maximum absolute atomic E-state index is 12.0. The fourth-order valence-electron chi connectivity index (χ4n) is 2.41. The van der Waals surface area contributed by atoms with E-state index in [9.17, 15) is 9.59 Å². The van der Waals surface area contributed by atoms with Gasteiger partial charge in [0.05, 0.1) is 19.3 Å². The highest BCUT2D eigenvalue weighted by atomic mass is 16.5. The molecule has 0 bridgehead atoms. The van der Waals surface area contributed by atoms with E-state index in [0.717, 1.165) is 19.4 Å². The van der Waals surface area contributed by atoms with Gasteiger partial charge in [0.1, 0.15) is 0 Å². The van der Waals surface area contributed by atoms with Gasteiger partial charge in [-0.25, -0.2) is 4.79 Å². The lowest BCUT2D eigenvalue weighted by Crippen LogP contribution is -2.52. The number of rotatable bonds is 4. The number of carboxylic acid groups (broad SMARTS) is 1. The average molecular weight is 257 g/mol. The summed E-state index contributed by atoms with van der Waals surface area (Å²) in [5, 5.41) is 9.04. The van der Waals surface area contributed by atoms with Crippen LogP contribution in [0.3, 0.4) is 0 Å². The van der Waals surface area contributed by atoms with Gasteiger partial charge in [-0.1, -0.05) is 0 Å². The molecule has 6 nitrogen and oxygen atoms in total. The molecule has 0 aromatic rings. The Morgan fingerprint density at radius 1 is 1.33 bits per heavy atom. The van der Waals surface area contributed by atoms with Crippen LogP contribution in [0.4, 0.5) is 0 Å². The molecule has 6 heteroatoms. The van der Waals surface area contributed by atoms with Crippen molar-refractivity contribution >= 4 is 11.9 Å². The molecule has 0 aromatic heterocycles. The Balaban J connectivity index is 1.83. The third-order valence-corrected chi connectivity index (χ3v) is 3.44. The number of aliphatic carboxylic acids is 1. The van der Waals surface area contributed by atoms with Gasteiger partial charge in [-0.2, -0.15) is 0 Å². The van der Waals surface area contributed by atoms with Crippen LogP contribution in [0.15, 0.2) is 0 Å². The lowest BCUT2D eigenvalue weighted by molar-refractivity contribution is -0.158. The second-order valence-electron chi connectivity index (χ2n) is 4.69. The molecule has 0 aliphatic carbocycles. The number of carboxylic acids is 1. The molecule has 0 unspecified atom stereocenters. The minimum absolute atomic E-state index is 0.0843. The third kappa shape index (κ3) is 3.20. The summed E-state index contributed by atoms with van der Waals surface area (Å²) in [5.74, 6) is -1.11. The number of ether oxygens (including phenoxy) is 2. The van der Waals surface area contributed by atoms with Crippen LogP contribution in [0, 0.1) is 0 Å². The van der Waals surface area contributed by atoms with Crippen LogP contribution in [0.25, 0.3) is 0 Å². The Morgan fingerprint density at radius 2 is 2.17 bits per heavy atom. The number of carbonyl (C=O) groups excluding carboxylic acids is 1. The molecule has 2 fully saturated rings. The van der Waals surface area contributed by atoms with Crippen LogP contribution >= 0.6 is 0 Å². The van der Waals surface area contributed by atoms with Gasteiger partial charge < -0.3 is 19.5 Å². The Labute approximate surface area is 106 Å². The van der Waals surface area contributed by atoms with Crippen molar-refractivity contribution in [1.29, 1.82) is 0 Å². The molecule has 0 saturated carbocycles. The predicted octanol–water partition coefficient (Wildman–Crippen LogP) is 0.258. The van der Waals surface area contributed by atoms with Crippen molar-refractivity contribution in [1.82, 2.24) is 4.90 Å². The zero-order valence-electron chi connectivity index (χ0n) is 10.3. The van der Waals surface area contributed by atoms with E-state index in [1.165, 1.54) is 4.90 Å². The average Bonchev–Trinajstić information content (AvgIpc) is 2.89. The van der Waals surface area contributed by atoms with Gasteiger partial charge >= 0.3 is 5.97 Å². The summed E-state index contributed by atoms with van der Waals surface area (Å²) in [6.45, 7) is 1.63. The fraction of sp³-hybridized carbons (Fsp3) is 0.833. The van der Waals surface area contributed by atoms with Crippen LogP contribution in [0.5, 0.6) is 0 Å². The van der Waals surface area contributed by atoms with Gasteiger partial charge in [-0.15, -0.1) is 0 Å². The number of hydrogen-bond acceptors (Lipinski definition) is 4. The van der Waals surface area contributed by atoms with Gasteiger partial charge in [0, 0.05) is 19.6 Å². The minimum Gasteiger partial charge on any atom is -0.480 e. The maximum atomic E-state index is 12.0. The first-order valence-electron chi connectivity index (χ1n) is 6.40. The molecular weight excluding hydrogens is 238 g/mol. The molecule has 0 spiro atoms. The number of amides is 1. The summed E-state index contributed by atoms with van der Waals surface area (Å²) >= 11 is 0. The van der Waals surface area contributed by atoms with Crippen molar-refractivity contribution in [3.8, 4) is 0 Å². The molecule has 1 N–H and O–H groups in total. The second kappa shape index (κ2) is 6.15. The molecule has 2 aliphatic heterocycles. The standard InChI is InChI=1S/C12H19NO5/c14-11(4-3-9-2-1-6-18-9)13-5-7-17-8-10(13)12(15)16/h9-10H,1-8H2,(H,15,16)/t9-,10+/m0/s1. The van der Waals surface area contributed by atoms with E-state index in [1.54, 1.807) is 0 Å². The number of hydrogen-bond donors (Lipinski definition) is 1. The summed E-state index contributed by atoms with van der Waals surface area (Å²) in [6, 6.07) is -0.837. The summed E-state index contributed by atoms with van der Waals surface area (Å²) in [5.41, 5.74) is 0. The second-order valence-corrected chi connectivity index (χ2v) is 4.69. The molecule has 1 amide bonds. The smallest absolute Gasteiger partial charge is 0.328 e. The first-order chi connectivity index (χ1) is 8.68. The van der Waals surface area contributed by atoms with E-state index < -0.39 is 12.0 Å². The van der Waals surface area contributed by atoms with E-state index in [1.807, 2.05) is 0 Å². The van der Waals surface area contributed by atoms with E-state index in [2.05, 4.69) is 0 Å². The monoisotopic (exact) mass is 257 g/mol. The Hall–Kier alpha value is -1.14. The molecule has 2 rings (SSSR count). The van der Waals surface area contributed by atoms with Crippen molar-refractivity contribution in [3.05, 3.63) is 0 Å². The Kier molecular flexibility index (Phi) is 4.54. The number of morpholine rings is 1. The zero-order chi connectivity index (χ0) is 13.0. The largest absolute Gasteiger partial charge is 0.480 e. The molecule has 2 atom stereocenters. The van der Waals surface area contributed by atoms with Crippen LogP contribution in [-0.4, -0.2) is 60.4 Å². The maximum Gasteiger partial charge on any atom is 0.328 e. The van der Waals surface area contributed by atoms with Gasteiger partial charge in [0.2, 0.25) is 5.91 Å². The first kappa shape index (κ1) is 13.3. The van der Waals surface area contributed by atoms with E-state index in [0.29, 0.717) is 26.0 Å². The van der Waals surface area contributed by atoms with E-state index >= 15 is 0 Å². The van der Waals surface area contributed by atoms with Crippen LogP contribution < -0.4 is 0 Å². The Morgan fingerprint density at radius 3 is 2.83 bits per heavy atom. The molecule has 102 valence electrons. The van der Waals surface area contributed by atoms with Crippen molar-refractivity contribution in [2.24, 2.45) is 0 Å². The molecule has 2 saturated heterocycles. The molecule has 2 heterocycles. The van der Waals surface area contributed by atoms with Gasteiger partial charge in [0.15, 0.2) is 6.04 Å². The SMILES string of the molecule is O=C(O)[C@H]1COCCN1C(=O)CC[C@@H]1CCCO1. The number of carbonyl (C=O) groups is 2. The summed E-state index contributed by atoms with van der Waals surface area (Å²) < 4.78 is 10.6. The summed E-state index contributed by atoms with van der Waals surface area (Å²) in [4.78, 5) is 24.5. The lowest BCUT2D eigenvalue weighted by atomic mass is 10.1. The zero-order valence-corrected chi connectivity index (χ0v) is 10.3. The van der Waals surface area contributed by atoms with Crippen LogP contribution in [0.2, 0.25) is 0 Å². The van der Waals surface area contributed by atoms with Gasteiger partial charge in [-0.3, -0.25) is 4.79 Å². The van der Waals surface area contributed by atoms with E-state index in [-0.39, 0.29) is 18.6 Å². The van der Waals surface area contributed by atoms with Crippen molar-refractivity contribution in [3.63, 3.8) is 0 Å². The van der Waals surface area contributed by atoms with Crippen molar-refractivity contribution in [2.45, 2.75) is 37.8 Å². The lowest BCUT2D eigenvalue weighted by Gasteiger charge is -2.33. The molecule has 0 aromatic carbocycles. The van der Waals surface area contributed by atoms with Crippen LogP contribution in [-0.2, 0) is 19.1 Å². The first-order valence-corrected chi connectivity index (χ1v) is 6.40. The fourth-order valence-corrected chi connectivity index (χ4v) is 2.41. The molecular formula is C12H19NO5. The minimum atomic E-state index is -1.000. The van der Waals surface area contributed by atoms with Crippen LogP contribution in [0.1, 0.15) is 25.7 Å². The highest BCUT2D eigenvalue weighted by molar-refractivity contribution is 5.84. The highest BCUT2D eigenvalue weighted by Gasteiger charge is 2.32. The predicted molar refractivity (Wildman–Crippen MR) is 62.2 cm³/mol. The van der Waals surface area contributed by atoms with Gasteiger partial charge in [0.25, 0.3) is 0 Å². The normalized spacial score (nSPS) is 28.3. The summed E-state index contributed by atoms with van der Waals surface area (Å²) in [7, 11) is 0. The van der Waals surface area contributed by atoms with Gasteiger partial charge in [-0.05, 0) is 19.3 Å². The van der Waals surface area contributed by atoms with E-state index in [4.69, 9.17) is 14.6 Å². The Bertz CT molecular complexity index is 314. The summed E-state index contributed by atoms with van der Waals surface area (Å²) in [6.07, 6.45) is 3.25. The quantitative estimate of drug-likeness (QED) is 0.781. The number of nitrogens with zero attached hydrogens (tertiary/aromatic N) is 1. The highest BCUT2D eigenvalue weighted by Crippen LogP contribution is 2.18.